The largest absolute Gasteiger partial charge is 0.396 e. The van der Waals surface area contributed by atoms with Gasteiger partial charge in [-0.15, -0.1) is 0 Å². The number of aliphatic hydroxyl groups is 2. The van der Waals surface area contributed by atoms with Crippen molar-refractivity contribution in [2.24, 2.45) is 11.3 Å². The molecular formula is C14H27NO2. The van der Waals surface area contributed by atoms with E-state index in [-0.39, 0.29) is 11.5 Å². The fourth-order valence-electron chi connectivity index (χ4n) is 3.54. The second-order valence-corrected chi connectivity index (χ2v) is 6.24. The van der Waals surface area contributed by atoms with Gasteiger partial charge in [0.2, 0.25) is 0 Å². The van der Waals surface area contributed by atoms with Crippen molar-refractivity contribution in [3.05, 3.63) is 0 Å². The molecule has 0 spiro atoms. The van der Waals surface area contributed by atoms with Crippen molar-refractivity contribution < 1.29 is 10.2 Å². The molecule has 2 aliphatic rings. The minimum absolute atomic E-state index is 0.159. The van der Waals surface area contributed by atoms with Gasteiger partial charge < -0.3 is 15.1 Å². The molecule has 2 rings (SSSR count). The summed E-state index contributed by atoms with van der Waals surface area (Å²) < 4.78 is 0. The molecule has 1 aliphatic carbocycles. The van der Waals surface area contributed by atoms with Crippen LogP contribution in [0.3, 0.4) is 0 Å². The fraction of sp³-hybridized carbons (Fsp3) is 1.00. The number of nitrogens with zero attached hydrogens (tertiary/aromatic N) is 1. The molecule has 17 heavy (non-hydrogen) atoms. The van der Waals surface area contributed by atoms with E-state index in [1.807, 2.05) is 6.92 Å². The molecule has 0 aromatic rings. The molecule has 0 amide bonds. The molecule has 0 radical (unpaired) electrons. The van der Waals surface area contributed by atoms with E-state index in [4.69, 9.17) is 0 Å². The summed E-state index contributed by atoms with van der Waals surface area (Å²) in [5.74, 6) is 0.439. The van der Waals surface area contributed by atoms with Crippen LogP contribution >= 0.6 is 0 Å². The van der Waals surface area contributed by atoms with Gasteiger partial charge in [-0.25, -0.2) is 0 Å². The molecule has 0 bridgehead atoms. The van der Waals surface area contributed by atoms with Crippen LogP contribution in [0.1, 0.15) is 45.4 Å². The van der Waals surface area contributed by atoms with E-state index in [9.17, 15) is 10.2 Å². The maximum absolute atomic E-state index is 9.70. The van der Waals surface area contributed by atoms with Crippen LogP contribution < -0.4 is 0 Å². The van der Waals surface area contributed by atoms with Crippen LogP contribution in [0, 0.1) is 11.3 Å². The van der Waals surface area contributed by atoms with E-state index in [1.54, 1.807) is 0 Å². The van der Waals surface area contributed by atoms with Crippen LogP contribution in [0.5, 0.6) is 0 Å². The quantitative estimate of drug-likeness (QED) is 0.786. The highest BCUT2D eigenvalue weighted by Crippen LogP contribution is 2.37. The molecule has 2 fully saturated rings. The first-order valence-electron chi connectivity index (χ1n) is 7.16. The third-order valence-electron chi connectivity index (χ3n) is 4.80. The first-order chi connectivity index (χ1) is 8.15. The molecule has 1 aliphatic heterocycles. The van der Waals surface area contributed by atoms with E-state index in [0.29, 0.717) is 12.5 Å². The second-order valence-electron chi connectivity index (χ2n) is 6.24. The van der Waals surface area contributed by atoms with Gasteiger partial charge >= 0.3 is 0 Å². The van der Waals surface area contributed by atoms with Crippen molar-refractivity contribution in [3.63, 3.8) is 0 Å². The molecule has 2 unspecified atom stereocenters. The minimum Gasteiger partial charge on any atom is -0.396 e. The van der Waals surface area contributed by atoms with E-state index < -0.39 is 0 Å². The average Bonchev–Trinajstić information content (AvgIpc) is 2.79. The van der Waals surface area contributed by atoms with Crippen LogP contribution in [0.15, 0.2) is 0 Å². The van der Waals surface area contributed by atoms with E-state index >= 15 is 0 Å². The summed E-state index contributed by atoms with van der Waals surface area (Å²) >= 11 is 0. The Morgan fingerprint density at radius 2 is 2.00 bits per heavy atom. The number of aliphatic hydroxyl groups excluding tert-OH is 2. The fourth-order valence-corrected chi connectivity index (χ4v) is 3.54. The van der Waals surface area contributed by atoms with Crippen molar-refractivity contribution >= 4 is 0 Å². The molecule has 1 saturated heterocycles. The van der Waals surface area contributed by atoms with E-state index in [2.05, 4.69) is 4.90 Å². The van der Waals surface area contributed by atoms with Crippen molar-refractivity contribution in [2.75, 3.05) is 26.2 Å². The summed E-state index contributed by atoms with van der Waals surface area (Å²) in [6.07, 6.45) is 7.16. The molecule has 2 N–H and O–H groups in total. The third-order valence-corrected chi connectivity index (χ3v) is 4.80. The lowest BCUT2D eigenvalue weighted by Crippen LogP contribution is -2.41. The highest BCUT2D eigenvalue weighted by atomic mass is 16.3. The van der Waals surface area contributed by atoms with Crippen molar-refractivity contribution in [3.8, 4) is 0 Å². The molecule has 1 heterocycles. The second kappa shape index (κ2) is 5.68. The Balaban J connectivity index is 1.87. The lowest BCUT2D eigenvalue weighted by Gasteiger charge is -2.38. The Morgan fingerprint density at radius 3 is 2.53 bits per heavy atom. The lowest BCUT2D eigenvalue weighted by molar-refractivity contribution is 0.0434. The Labute approximate surface area is 105 Å². The van der Waals surface area contributed by atoms with Crippen molar-refractivity contribution in [1.82, 2.24) is 4.90 Å². The molecular weight excluding hydrogens is 214 g/mol. The maximum atomic E-state index is 9.70. The first-order valence-corrected chi connectivity index (χ1v) is 7.16. The topological polar surface area (TPSA) is 43.7 Å². The van der Waals surface area contributed by atoms with Crippen LogP contribution in [0.25, 0.3) is 0 Å². The lowest BCUT2D eigenvalue weighted by atomic mass is 9.74. The summed E-state index contributed by atoms with van der Waals surface area (Å²) in [4.78, 5) is 2.46. The number of hydrogen-bond acceptors (Lipinski definition) is 3. The zero-order chi connectivity index (χ0) is 12.3. The van der Waals surface area contributed by atoms with Gasteiger partial charge in [-0.2, -0.15) is 0 Å². The summed E-state index contributed by atoms with van der Waals surface area (Å²) in [6, 6.07) is 0. The van der Waals surface area contributed by atoms with Gasteiger partial charge in [0, 0.05) is 25.1 Å². The molecule has 0 aromatic heterocycles. The Bertz CT molecular complexity index is 236. The van der Waals surface area contributed by atoms with Gasteiger partial charge in [0.1, 0.15) is 0 Å². The van der Waals surface area contributed by atoms with Crippen LogP contribution in [-0.2, 0) is 0 Å². The van der Waals surface area contributed by atoms with Crippen LogP contribution in [-0.4, -0.2) is 47.5 Å². The highest BCUT2D eigenvalue weighted by Gasteiger charge is 2.36. The van der Waals surface area contributed by atoms with Crippen LogP contribution in [0.2, 0.25) is 0 Å². The molecule has 2 atom stereocenters. The summed E-state index contributed by atoms with van der Waals surface area (Å²) in [6.45, 7) is 5.38. The number of hydrogen-bond donors (Lipinski definition) is 2. The maximum Gasteiger partial charge on any atom is 0.0552 e. The van der Waals surface area contributed by atoms with Crippen molar-refractivity contribution in [1.29, 1.82) is 0 Å². The van der Waals surface area contributed by atoms with Crippen LogP contribution in [0.4, 0.5) is 0 Å². The zero-order valence-electron chi connectivity index (χ0n) is 11.1. The summed E-state index contributed by atoms with van der Waals surface area (Å²) in [7, 11) is 0. The molecule has 3 heteroatoms. The SMILES string of the molecule is CC(O)C1CCN(CC2(CO)CCCCC2)C1. The van der Waals surface area contributed by atoms with Crippen molar-refractivity contribution in [2.45, 2.75) is 51.6 Å². The first kappa shape index (κ1) is 13.3. The molecule has 3 nitrogen and oxygen atoms in total. The zero-order valence-corrected chi connectivity index (χ0v) is 11.1. The van der Waals surface area contributed by atoms with Gasteiger partial charge in [-0.1, -0.05) is 19.3 Å². The van der Waals surface area contributed by atoms with Gasteiger partial charge in [-0.05, 0) is 38.6 Å². The summed E-state index contributed by atoms with van der Waals surface area (Å²) in [5.41, 5.74) is 0.159. The van der Waals surface area contributed by atoms with Gasteiger partial charge in [0.15, 0.2) is 0 Å². The van der Waals surface area contributed by atoms with E-state index in [0.717, 1.165) is 26.1 Å². The third kappa shape index (κ3) is 3.21. The van der Waals surface area contributed by atoms with E-state index in [1.165, 1.54) is 32.1 Å². The smallest absolute Gasteiger partial charge is 0.0552 e. The molecule has 100 valence electrons. The number of rotatable bonds is 4. The standard InChI is InChI=1S/C14H27NO2/c1-12(17)13-5-8-15(9-13)10-14(11-16)6-3-2-4-7-14/h12-13,16-17H,2-11H2,1H3. The predicted molar refractivity (Wildman–Crippen MR) is 68.8 cm³/mol. The monoisotopic (exact) mass is 241 g/mol. The Morgan fingerprint density at radius 1 is 1.29 bits per heavy atom. The Kier molecular flexibility index (Phi) is 4.45. The average molecular weight is 241 g/mol. The number of likely N-dealkylation sites (tertiary alicyclic amines) is 1. The molecule has 0 aromatic carbocycles. The van der Waals surface area contributed by atoms with Gasteiger partial charge in [0.25, 0.3) is 0 Å². The van der Waals surface area contributed by atoms with Gasteiger partial charge in [-0.3, -0.25) is 0 Å². The normalized spacial score (nSPS) is 31.6. The molecule has 1 saturated carbocycles. The minimum atomic E-state index is -0.184. The van der Waals surface area contributed by atoms with Gasteiger partial charge in [0.05, 0.1) is 6.10 Å². The Hall–Kier alpha value is -0.120. The summed E-state index contributed by atoms with van der Waals surface area (Å²) in [5, 5.41) is 19.3. The highest BCUT2D eigenvalue weighted by molar-refractivity contribution is 4.88. The predicted octanol–water partition coefficient (Wildman–Crippen LogP) is 1.63.